The van der Waals surface area contributed by atoms with Gasteiger partial charge in [-0.1, -0.05) is 13.3 Å². The van der Waals surface area contributed by atoms with Gasteiger partial charge in [-0.2, -0.15) is 0 Å². The summed E-state index contributed by atoms with van der Waals surface area (Å²) in [7, 11) is 0. The summed E-state index contributed by atoms with van der Waals surface area (Å²) < 4.78 is 0. The molecule has 1 aliphatic rings. The van der Waals surface area contributed by atoms with Crippen molar-refractivity contribution in [3.05, 3.63) is 0 Å². The van der Waals surface area contributed by atoms with E-state index in [4.69, 9.17) is 11.5 Å². The molecule has 0 bridgehead atoms. The second-order valence-corrected chi connectivity index (χ2v) is 5.58. The van der Waals surface area contributed by atoms with Gasteiger partial charge < -0.3 is 16.8 Å². The molecular weight excluding hydrogens is 218 g/mol. The average Bonchev–Trinajstić information content (AvgIpc) is 2.15. The monoisotopic (exact) mass is 241 g/mol. The number of carbonyl (C=O) groups excluding carboxylic acids is 2. The lowest BCUT2D eigenvalue weighted by molar-refractivity contribution is -0.134. The molecule has 5 heteroatoms. The predicted molar refractivity (Wildman–Crippen MR) is 65.9 cm³/mol. The summed E-state index contributed by atoms with van der Waals surface area (Å²) in [6, 6.07) is -0.123. The van der Waals surface area contributed by atoms with E-state index in [0.29, 0.717) is 0 Å². The summed E-state index contributed by atoms with van der Waals surface area (Å²) in [5, 5.41) is 2.69. The molecule has 3 unspecified atom stereocenters. The van der Waals surface area contributed by atoms with Crippen molar-refractivity contribution >= 4 is 11.8 Å². The number of carbonyl (C=O) groups is 2. The highest BCUT2D eigenvalue weighted by Crippen LogP contribution is 2.29. The Hall–Kier alpha value is -1.10. The highest BCUT2D eigenvalue weighted by molar-refractivity contribution is 5.90. The van der Waals surface area contributed by atoms with Crippen molar-refractivity contribution in [2.45, 2.75) is 51.6 Å². The molecule has 1 saturated carbocycles. The van der Waals surface area contributed by atoms with Gasteiger partial charge in [-0.05, 0) is 32.6 Å². The van der Waals surface area contributed by atoms with Gasteiger partial charge in [0, 0.05) is 6.04 Å². The lowest BCUT2D eigenvalue weighted by Gasteiger charge is -2.35. The molecule has 0 spiro atoms. The van der Waals surface area contributed by atoms with Crippen molar-refractivity contribution < 1.29 is 9.59 Å². The molecule has 5 nitrogen and oxygen atoms in total. The third kappa shape index (κ3) is 3.19. The van der Waals surface area contributed by atoms with Crippen molar-refractivity contribution in [3.63, 3.8) is 0 Å². The van der Waals surface area contributed by atoms with E-state index in [1.807, 2.05) is 6.92 Å². The van der Waals surface area contributed by atoms with Crippen LogP contribution in [0, 0.1) is 11.8 Å². The Labute approximate surface area is 102 Å². The topological polar surface area (TPSA) is 98.2 Å². The SMILES string of the molecule is CC1CCCC(N)C1C(=O)NC(C)(C)C(N)=O. The Kier molecular flexibility index (Phi) is 4.14. The van der Waals surface area contributed by atoms with Gasteiger partial charge in [-0.3, -0.25) is 9.59 Å². The number of nitrogens with one attached hydrogen (secondary N) is 1. The fourth-order valence-corrected chi connectivity index (χ4v) is 2.36. The van der Waals surface area contributed by atoms with Gasteiger partial charge in [0.15, 0.2) is 0 Å². The minimum atomic E-state index is -1.02. The van der Waals surface area contributed by atoms with Crippen molar-refractivity contribution in [3.8, 4) is 0 Å². The first-order valence-electron chi connectivity index (χ1n) is 6.13. The molecule has 2 amide bonds. The fourth-order valence-electron chi connectivity index (χ4n) is 2.36. The molecule has 0 aromatic carbocycles. The molecule has 0 radical (unpaired) electrons. The van der Waals surface area contributed by atoms with E-state index >= 15 is 0 Å². The molecule has 0 saturated heterocycles. The third-order valence-corrected chi connectivity index (χ3v) is 3.63. The second-order valence-electron chi connectivity index (χ2n) is 5.58. The summed E-state index contributed by atoms with van der Waals surface area (Å²) >= 11 is 0. The second kappa shape index (κ2) is 5.04. The lowest BCUT2D eigenvalue weighted by atomic mass is 9.76. The van der Waals surface area contributed by atoms with E-state index in [1.54, 1.807) is 13.8 Å². The number of hydrogen-bond donors (Lipinski definition) is 3. The quantitative estimate of drug-likeness (QED) is 0.655. The van der Waals surface area contributed by atoms with Crippen LogP contribution in [-0.2, 0) is 9.59 Å². The molecule has 3 atom stereocenters. The summed E-state index contributed by atoms with van der Waals surface area (Å²) in [6.07, 6.45) is 2.92. The van der Waals surface area contributed by atoms with E-state index in [0.717, 1.165) is 19.3 Å². The number of primary amides is 1. The van der Waals surface area contributed by atoms with Crippen LogP contribution in [0.1, 0.15) is 40.0 Å². The van der Waals surface area contributed by atoms with E-state index in [9.17, 15) is 9.59 Å². The van der Waals surface area contributed by atoms with Gasteiger partial charge >= 0.3 is 0 Å². The molecule has 1 fully saturated rings. The molecule has 17 heavy (non-hydrogen) atoms. The van der Waals surface area contributed by atoms with Crippen molar-refractivity contribution in [1.82, 2.24) is 5.32 Å². The minimum Gasteiger partial charge on any atom is -0.368 e. The van der Waals surface area contributed by atoms with Crippen LogP contribution in [0.4, 0.5) is 0 Å². The largest absolute Gasteiger partial charge is 0.368 e. The van der Waals surface area contributed by atoms with E-state index < -0.39 is 11.4 Å². The summed E-state index contributed by atoms with van der Waals surface area (Å²) in [5.74, 6) is -0.666. The zero-order valence-corrected chi connectivity index (χ0v) is 10.8. The van der Waals surface area contributed by atoms with E-state index in [1.165, 1.54) is 0 Å². The smallest absolute Gasteiger partial charge is 0.242 e. The molecule has 0 aliphatic heterocycles. The number of rotatable bonds is 3. The zero-order chi connectivity index (χ0) is 13.2. The van der Waals surface area contributed by atoms with Gasteiger partial charge in [-0.25, -0.2) is 0 Å². The normalized spacial score (nSPS) is 29.8. The van der Waals surface area contributed by atoms with Gasteiger partial charge in [0.1, 0.15) is 5.54 Å². The van der Waals surface area contributed by atoms with Crippen molar-refractivity contribution in [2.24, 2.45) is 23.3 Å². The molecule has 5 N–H and O–H groups in total. The Bertz CT molecular complexity index is 305. The van der Waals surface area contributed by atoms with Gasteiger partial charge in [0.2, 0.25) is 11.8 Å². The fraction of sp³-hybridized carbons (Fsp3) is 0.833. The first kappa shape index (κ1) is 14.0. The van der Waals surface area contributed by atoms with Crippen LogP contribution in [0.25, 0.3) is 0 Å². The van der Waals surface area contributed by atoms with Crippen LogP contribution in [0.5, 0.6) is 0 Å². The summed E-state index contributed by atoms with van der Waals surface area (Å²) in [4.78, 5) is 23.3. The summed E-state index contributed by atoms with van der Waals surface area (Å²) in [5.41, 5.74) is 10.2. The maximum Gasteiger partial charge on any atom is 0.242 e. The van der Waals surface area contributed by atoms with Crippen LogP contribution >= 0.6 is 0 Å². The van der Waals surface area contributed by atoms with Crippen LogP contribution in [0.15, 0.2) is 0 Å². The molecule has 1 rings (SSSR count). The molecular formula is C12H23N3O2. The van der Waals surface area contributed by atoms with Crippen LogP contribution in [-0.4, -0.2) is 23.4 Å². The van der Waals surface area contributed by atoms with E-state index in [2.05, 4.69) is 5.32 Å². The molecule has 0 aromatic heterocycles. The zero-order valence-electron chi connectivity index (χ0n) is 10.8. The van der Waals surface area contributed by atoms with Crippen LogP contribution in [0.3, 0.4) is 0 Å². The Morgan fingerprint density at radius 1 is 1.29 bits per heavy atom. The first-order valence-corrected chi connectivity index (χ1v) is 6.13. The highest BCUT2D eigenvalue weighted by atomic mass is 16.2. The Morgan fingerprint density at radius 2 is 1.88 bits per heavy atom. The number of hydrogen-bond acceptors (Lipinski definition) is 3. The third-order valence-electron chi connectivity index (χ3n) is 3.63. The van der Waals surface area contributed by atoms with Gasteiger partial charge in [0.25, 0.3) is 0 Å². The first-order chi connectivity index (χ1) is 7.75. The Balaban J connectivity index is 2.72. The molecule has 98 valence electrons. The van der Waals surface area contributed by atoms with Crippen LogP contribution in [0.2, 0.25) is 0 Å². The average molecular weight is 241 g/mol. The maximum atomic E-state index is 12.1. The standard InChI is InChI=1S/C12H23N3O2/c1-7-5-4-6-8(13)9(7)10(16)15-12(2,3)11(14)17/h7-9H,4-6,13H2,1-3H3,(H2,14,17)(H,15,16). The number of amides is 2. The molecule has 1 aliphatic carbocycles. The molecule has 0 aromatic rings. The predicted octanol–water partition coefficient (Wildman–Crippen LogP) is 0.130. The minimum absolute atomic E-state index is 0.123. The van der Waals surface area contributed by atoms with Gasteiger partial charge in [0.05, 0.1) is 5.92 Å². The van der Waals surface area contributed by atoms with E-state index in [-0.39, 0.29) is 23.8 Å². The maximum absolute atomic E-state index is 12.1. The molecule has 0 heterocycles. The van der Waals surface area contributed by atoms with Gasteiger partial charge in [-0.15, -0.1) is 0 Å². The van der Waals surface area contributed by atoms with Crippen molar-refractivity contribution in [1.29, 1.82) is 0 Å². The van der Waals surface area contributed by atoms with Crippen LogP contribution < -0.4 is 16.8 Å². The number of nitrogens with two attached hydrogens (primary N) is 2. The Morgan fingerprint density at radius 3 is 2.35 bits per heavy atom. The van der Waals surface area contributed by atoms with Crippen molar-refractivity contribution in [2.75, 3.05) is 0 Å². The summed E-state index contributed by atoms with van der Waals surface area (Å²) in [6.45, 7) is 5.24. The lowest BCUT2D eigenvalue weighted by Crippen LogP contribution is -2.57. The highest BCUT2D eigenvalue weighted by Gasteiger charge is 2.37.